The van der Waals surface area contributed by atoms with Crippen LogP contribution < -0.4 is 9.47 Å². The van der Waals surface area contributed by atoms with Gasteiger partial charge in [-0.05, 0) is 67.3 Å². The van der Waals surface area contributed by atoms with Gasteiger partial charge in [0.05, 0.1) is 24.8 Å². The monoisotopic (exact) mass is 531 g/mol. The number of amides is 1. The molecule has 1 N–H and O–H groups in total. The van der Waals surface area contributed by atoms with Crippen LogP contribution in [0.2, 0.25) is 0 Å². The molecule has 0 bridgehead atoms. The van der Waals surface area contributed by atoms with Crippen molar-refractivity contribution >= 4 is 17.4 Å². The van der Waals surface area contributed by atoms with E-state index >= 15 is 0 Å². The predicted octanol–water partition coefficient (Wildman–Crippen LogP) is 6.46. The molecule has 1 unspecified atom stereocenters. The van der Waals surface area contributed by atoms with Crippen LogP contribution in [0.15, 0.2) is 78.4 Å². The number of ketones is 1. The molecule has 1 atom stereocenters. The minimum atomic E-state index is -0.855. The van der Waals surface area contributed by atoms with E-state index in [9.17, 15) is 19.1 Å². The predicted molar refractivity (Wildman–Crippen MR) is 148 cm³/mol. The molecule has 0 aromatic heterocycles. The molecule has 7 heteroatoms. The summed E-state index contributed by atoms with van der Waals surface area (Å²) >= 11 is 0. The molecule has 39 heavy (non-hydrogen) atoms. The summed E-state index contributed by atoms with van der Waals surface area (Å²) in [5, 5.41) is 11.2. The number of Topliss-reactive ketones (excluding diaryl/α,β-unsaturated/α-hetero) is 1. The van der Waals surface area contributed by atoms with Gasteiger partial charge in [-0.1, -0.05) is 56.2 Å². The minimum Gasteiger partial charge on any atom is -0.507 e. The highest BCUT2D eigenvalue weighted by molar-refractivity contribution is 6.46. The van der Waals surface area contributed by atoms with E-state index in [1.807, 2.05) is 37.3 Å². The summed E-state index contributed by atoms with van der Waals surface area (Å²) in [4.78, 5) is 28.1. The molecule has 1 saturated heterocycles. The maximum absolute atomic E-state index is 13.6. The van der Waals surface area contributed by atoms with Crippen LogP contribution in [0.25, 0.3) is 5.76 Å². The summed E-state index contributed by atoms with van der Waals surface area (Å²) in [7, 11) is 0. The third kappa shape index (κ3) is 6.48. The third-order valence-electron chi connectivity index (χ3n) is 6.73. The molecule has 3 aromatic rings. The first-order valence-electron chi connectivity index (χ1n) is 13.4. The maximum atomic E-state index is 13.6. The molecule has 0 saturated carbocycles. The van der Waals surface area contributed by atoms with Gasteiger partial charge in [0.2, 0.25) is 0 Å². The first-order chi connectivity index (χ1) is 18.9. The van der Waals surface area contributed by atoms with Crippen molar-refractivity contribution in [1.82, 2.24) is 4.90 Å². The van der Waals surface area contributed by atoms with E-state index < -0.39 is 23.5 Å². The fraction of sp³-hybridized carbons (Fsp3) is 0.312. The van der Waals surface area contributed by atoms with Crippen LogP contribution in [0, 0.1) is 5.82 Å². The van der Waals surface area contributed by atoms with Gasteiger partial charge in [0.1, 0.15) is 11.6 Å². The van der Waals surface area contributed by atoms with Gasteiger partial charge in [-0.3, -0.25) is 9.59 Å². The van der Waals surface area contributed by atoms with Gasteiger partial charge in [-0.15, -0.1) is 0 Å². The number of likely N-dealkylation sites (tertiary alicyclic amines) is 1. The summed E-state index contributed by atoms with van der Waals surface area (Å²) in [5.74, 6) is -1.22. The zero-order valence-corrected chi connectivity index (χ0v) is 22.4. The Hall–Kier alpha value is -4.13. The highest BCUT2D eigenvalue weighted by atomic mass is 19.1. The number of rotatable bonds is 12. The summed E-state index contributed by atoms with van der Waals surface area (Å²) in [6, 6.07) is 19.3. The van der Waals surface area contributed by atoms with Crippen LogP contribution >= 0.6 is 0 Å². The maximum Gasteiger partial charge on any atom is 0.295 e. The topological polar surface area (TPSA) is 76.1 Å². The number of benzene rings is 3. The van der Waals surface area contributed by atoms with Gasteiger partial charge >= 0.3 is 0 Å². The van der Waals surface area contributed by atoms with Crippen molar-refractivity contribution in [1.29, 1.82) is 0 Å². The van der Waals surface area contributed by atoms with E-state index in [1.165, 1.54) is 29.2 Å². The van der Waals surface area contributed by atoms with Crippen LogP contribution in [0.4, 0.5) is 4.39 Å². The lowest BCUT2D eigenvalue weighted by molar-refractivity contribution is -0.139. The molecule has 3 aromatic carbocycles. The minimum absolute atomic E-state index is 0.0428. The Morgan fingerprint density at radius 3 is 2.36 bits per heavy atom. The second-order valence-corrected chi connectivity index (χ2v) is 9.43. The fourth-order valence-corrected chi connectivity index (χ4v) is 4.73. The van der Waals surface area contributed by atoms with E-state index in [1.54, 1.807) is 18.2 Å². The average molecular weight is 532 g/mol. The number of aliphatic hydroxyl groups is 1. The summed E-state index contributed by atoms with van der Waals surface area (Å²) in [6.45, 7) is 5.21. The smallest absolute Gasteiger partial charge is 0.295 e. The SMILES string of the molecule is CCCCCOc1ccc(C2/C(=C(\O)c3ccc(F)cc3)C(=O)C(=O)N2CCc2ccccc2)cc1OCC. The van der Waals surface area contributed by atoms with Crippen LogP contribution in [0.5, 0.6) is 11.5 Å². The molecule has 1 heterocycles. The molecular weight excluding hydrogens is 497 g/mol. The van der Waals surface area contributed by atoms with Crippen molar-refractivity contribution < 1.29 is 28.6 Å². The van der Waals surface area contributed by atoms with Crippen LogP contribution in [0.3, 0.4) is 0 Å². The van der Waals surface area contributed by atoms with Gasteiger partial charge in [-0.25, -0.2) is 4.39 Å². The molecule has 0 radical (unpaired) electrons. The van der Waals surface area contributed by atoms with Crippen molar-refractivity contribution in [3.05, 3.63) is 101 Å². The van der Waals surface area contributed by atoms with Crippen LogP contribution in [-0.2, 0) is 16.0 Å². The Morgan fingerprint density at radius 2 is 1.67 bits per heavy atom. The molecular formula is C32H34FNO5. The second kappa shape index (κ2) is 13.1. The van der Waals surface area contributed by atoms with Crippen molar-refractivity contribution in [2.24, 2.45) is 0 Å². The summed E-state index contributed by atoms with van der Waals surface area (Å²) in [5.41, 5.74) is 1.83. The van der Waals surface area contributed by atoms with Gasteiger partial charge in [0, 0.05) is 12.1 Å². The lowest BCUT2D eigenvalue weighted by Gasteiger charge is -2.26. The lowest BCUT2D eigenvalue weighted by Crippen LogP contribution is -2.31. The number of nitrogens with zero attached hydrogens (tertiary/aromatic N) is 1. The Bertz CT molecular complexity index is 1320. The third-order valence-corrected chi connectivity index (χ3v) is 6.73. The number of unbranched alkanes of at least 4 members (excludes halogenated alkanes) is 2. The van der Waals surface area contributed by atoms with E-state index in [0.29, 0.717) is 36.7 Å². The van der Waals surface area contributed by atoms with Crippen molar-refractivity contribution in [2.45, 2.75) is 45.6 Å². The summed E-state index contributed by atoms with van der Waals surface area (Å²) < 4.78 is 25.4. The average Bonchev–Trinajstić information content (AvgIpc) is 3.20. The zero-order chi connectivity index (χ0) is 27.8. The van der Waals surface area contributed by atoms with Crippen molar-refractivity contribution in [3.8, 4) is 11.5 Å². The van der Waals surface area contributed by atoms with E-state index in [0.717, 1.165) is 24.8 Å². The number of aliphatic hydroxyl groups excluding tert-OH is 1. The first kappa shape index (κ1) is 27.9. The van der Waals surface area contributed by atoms with Crippen LogP contribution in [0.1, 0.15) is 55.8 Å². The largest absolute Gasteiger partial charge is 0.507 e. The van der Waals surface area contributed by atoms with Gasteiger partial charge in [0.25, 0.3) is 11.7 Å². The highest BCUT2D eigenvalue weighted by Crippen LogP contribution is 2.42. The van der Waals surface area contributed by atoms with Gasteiger partial charge in [-0.2, -0.15) is 0 Å². The molecule has 204 valence electrons. The van der Waals surface area contributed by atoms with Crippen molar-refractivity contribution in [2.75, 3.05) is 19.8 Å². The number of hydrogen-bond donors (Lipinski definition) is 1. The molecule has 1 fully saturated rings. The standard InChI is InChI=1S/C32H34FNO5/c1-3-5-9-20-39-26-17-14-24(21-27(26)38-4-2)29-28(30(35)23-12-15-25(33)16-13-23)31(36)32(37)34(29)19-18-22-10-7-6-8-11-22/h6-8,10-17,21,29,35H,3-5,9,18-20H2,1-2H3/b30-28+. The van der Waals surface area contributed by atoms with Crippen LogP contribution in [-0.4, -0.2) is 41.5 Å². The van der Waals surface area contributed by atoms with Crippen molar-refractivity contribution in [3.63, 3.8) is 0 Å². The van der Waals surface area contributed by atoms with E-state index in [2.05, 4.69) is 6.92 Å². The van der Waals surface area contributed by atoms with Gasteiger partial charge in [0.15, 0.2) is 11.5 Å². The lowest BCUT2D eigenvalue weighted by atomic mass is 9.94. The number of ether oxygens (including phenoxy) is 2. The first-order valence-corrected chi connectivity index (χ1v) is 13.4. The Kier molecular flexibility index (Phi) is 9.36. The number of carbonyl (C=O) groups excluding carboxylic acids is 2. The molecule has 0 aliphatic carbocycles. The molecule has 4 rings (SSSR count). The zero-order valence-electron chi connectivity index (χ0n) is 22.4. The Balaban J connectivity index is 1.76. The molecule has 0 spiro atoms. The molecule has 1 aliphatic rings. The fourth-order valence-electron chi connectivity index (χ4n) is 4.73. The Labute approximate surface area is 228 Å². The quantitative estimate of drug-likeness (QED) is 0.126. The molecule has 1 aliphatic heterocycles. The normalized spacial score (nSPS) is 16.5. The Morgan fingerprint density at radius 1 is 0.923 bits per heavy atom. The highest BCUT2D eigenvalue weighted by Gasteiger charge is 2.46. The molecule has 1 amide bonds. The van der Waals surface area contributed by atoms with E-state index in [-0.39, 0.29) is 23.4 Å². The number of carbonyl (C=O) groups is 2. The van der Waals surface area contributed by atoms with E-state index in [4.69, 9.17) is 9.47 Å². The summed E-state index contributed by atoms with van der Waals surface area (Å²) in [6.07, 6.45) is 3.58. The van der Waals surface area contributed by atoms with Gasteiger partial charge < -0.3 is 19.5 Å². The number of hydrogen-bond acceptors (Lipinski definition) is 5. The number of halogens is 1. The molecule has 6 nitrogen and oxygen atoms in total. The second-order valence-electron chi connectivity index (χ2n) is 9.43.